The van der Waals surface area contributed by atoms with Crippen molar-refractivity contribution in [2.45, 2.75) is 64.8 Å². The van der Waals surface area contributed by atoms with E-state index >= 15 is 0 Å². The van der Waals surface area contributed by atoms with Crippen LogP contribution in [0.25, 0.3) is 10.2 Å². The van der Waals surface area contributed by atoms with E-state index in [4.69, 9.17) is 0 Å². The Kier molecular flexibility index (Phi) is 7.12. The van der Waals surface area contributed by atoms with Gasteiger partial charge in [-0.1, -0.05) is 56.1 Å². The fraction of sp³-hybridized carbons (Fsp3) is 0.667. The molecule has 1 aliphatic rings. The summed E-state index contributed by atoms with van der Waals surface area (Å²) in [5.41, 5.74) is 1.10. The molecule has 0 bridgehead atoms. The summed E-state index contributed by atoms with van der Waals surface area (Å²) < 4.78 is 3.07. The van der Waals surface area contributed by atoms with E-state index in [1.807, 2.05) is 22.8 Å². The molecular weight excluding hydrogens is 328 g/mol. The number of unbranched alkanes of at least 4 members (excludes halogenated alkanes) is 3. The molecule has 2 heterocycles. The number of aryl methyl sites for hydroxylation is 1. The summed E-state index contributed by atoms with van der Waals surface area (Å²) >= 11 is 1.37. The van der Waals surface area contributed by atoms with Crippen LogP contribution in [0.4, 0.5) is 0 Å². The molecule has 0 radical (unpaired) electrons. The van der Waals surface area contributed by atoms with Crippen molar-refractivity contribution in [2.24, 2.45) is 5.92 Å². The van der Waals surface area contributed by atoms with E-state index in [1.54, 1.807) is 0 Å². The lowest BCUT2D eigenvalue weighted by molar-refractivity contribution is 0.174. The molecule has 25 heavy (non-hydrogen) atoms. The van der Waals surface area contributed by atoms with Crippen molar-refractivity contribution >= 4 is 21.6 Å². The van der Waals surface area contributed by atoms with Crippen molar-refractivity contribution in [3.8, 4) is 0 Å². The van der Waals surface area contributed by atoms with Crippen molar-refractivity contribution in [1.29, 1.82) is 0 Å². The predicted octanol–water partition coefficient (Wildman–Crippen LogP) is 5.14. The molecule has 2 aromatic rings. The Balaban J connectivity index is 1.34. The largest absolute Gasteiger partial charge is 0.308 e. The van der Waals surface area contributed by atoms with Crippen LogP contribution in [0.5, 0.6) is 0 Å². The maximum absolute atomic E-state index is 12.1. The first kappa shape index (κ1) is 18.7. The second-order valence-corrected chi connectivity index (χ2v) is 8.47. The van der Waals surface area contributed by atoms with E-state index in [1.165, 1.54) is 75.9 Å². The topological polar surface area (TPSA) is 25.2 Å². The Morgan fingerprint density at radius 2 is 1.80 bits per heavy atom. The smallest absolute Gasteiger partial charge is 0.303 e. The summed E-state index contributed by atoms with van der Waals surface area (Å²) in [4.78, 5) is 15.0. The number of rotatable bonds is 9. The molecule has 0 unspecified atom stereocenters. The van der Waals surface area contributed by atoms with Crippen LogP contribution < -0.4 is 4.87 Å². The minimum atomic E-state index is 0.190. The van der Waals surface area contributed by atoms with Crippen LogP contribution in [0.2, 0.25) is 0 Å². The lowest BCUT2D eigenvalue weighted by atomic mass is 9.91. The summed E-state index contributed by atoms with van der Waals surface area (Å²) in [5, 5.41) is 0. The molecule has 0 atom stereocenters. The number of nitrogens with zero attached hydrogens (tertiary/aromatic N) is 2. The predicted molar refractivity (Wildman–Crippen MR) is 109 cm³/mol. The van der Waals surface area contributed by atoms with E-state index in [9.17, 15) is 4.79 Å². The summed E-state index contributed by atoms with van der Waals surface area (Å²) in [6.07, 6.45) is 10.6. The molecular formula is C21H32N2OS. The second-order valence-electron chi connectivity index (χ2n) is 7.48. The monoisotopic (exact) mass is 360 g/mol. The molecule has 1 saturated heterocycles. The van der Waals surface area contributed by atoms with E-state index in [0.29, 0.717) is 0 Å². The zero-order chi connectivity index (χ0) is 17.5. The Labute approximate surface area is 155 Å². The highest BCUT2D eigenvalue weighted by Crippen LogP contribution is 2.23. The zero-order valence-corrected chi connectivity index (χ0v) is 16.4. The second kappa shape index (κ2) is 9.54. The van der Waals surface area contributed by atoms with Crippen molar-refractivity contribution in [2.75, 3.05) is 19.6 Å². The van der Waals surface area contributed by atoms with Crippen LogP contribution in [0.3, 0.4) is 0 Å². The average molecular weight is 361 g/mol. The number of benzene rings is 1. The van der Waals surface area contributed by atoms with Crippen LogP contribution >= 0.6 is 11.3 Å². The standard InChI is InChI=1S/C21H32N2OS/c1-2-3-9-18-12-16-22(17-13-18)14-7-4-8-15-23-19-10-5-6-11-20(19)25-21(23)24/h5-6,10-11,18H,2-4,7-9,12-17H2,1H3. The fourth-order valence-electron chi connectivity index (χ4n) is 4.00. The van der Waals surface area contributed by atoms with Crippen molar-refractivity contribution < 1.29 is 0 Å². The quantitative estimate of drug-likeness (QED) is 0.579. The van der Waals surface area contributed by atoms with Gasteiger partial charge in [0.25, 0.3) is 0 Å². The molecule has 0 saturated carbocycles. The summed E-state index contributed by atoms with van der Waals surface area (Å²) in [6, 6.07) is 8.14. The molecule has 0 N–H and O–H groups in total. The number of para-hydroxylation sites is 1. The van der Waals surface area contributed by atoms with Gasteiger partial charge in [-0.2, -0.15) is 0 Å². The van der Waals surface area contributed by atoms with Crippen molar-refractivity contribution in [3.05, 3.63) is 33.9 Å². The molecule has 138 valence electrons. The fourth-order valence-corrected chi connectivity index (χ4v) is 4.92. The first-order valence-electron chi connectivity index (χ1n) is 10.1. The molecule has 1 aromatic heterocycles. The average Bonchev–Trinajstić information content (AvgIpc) is 2.96. The first-order chi connectivity index (χ1) is 12.3. The minimum Gasteiger partial charge on any atom is -0.303 e. The van der Waals surface area contributed by atoms with Gasteiger partial charge in [0.05, 0.1) is 10.2 Å². The van der Waals surface area contributed by atoms with E-state index in [0.717, 1.165) is 29.1 Å². The number of fused-ring (bicyclic) bond motifs is 1. The highest BCUT2D eigenvalue weighted by Gasteiger charge is 2.18. The van der Waals surface area contributed by atoms with Gasteiger partial charge in [0.15, 0.2) is 0 Å². The number of piperidine rings is 1. The van der Waals surface area contributed by atoms with Gasteiger partial charge in [0.1, 0.15) is 0 Å². The van der Waals surface area contributed by atoms with Crippen LogP contribution in [0, 0.1) is 5.92 Å². The molecule has 0 spiro atoms. The van der Waals surface area contributed by atoms with Crippen LogP contribution in [-0.4, -0.2) is 29.1 Å². The molecule has 0 amide bonds. The number of hydrogen-bond acceptors (Lipinski definition) is 3. The Morgan fingerprint density at radius 3 is 2.60 bits per heavy atom. The van der Waals surface area contributed by atoms with Gasteiger partial charge in [-0.3, -0.25) is 9.36 Å². The Hall–Kier alpha value is -1.13. The van der Waals surface area contributed by atoms with Gasteiger partial charge in [0.2, 0.25) is 0 Å². The van der Waals surface area contributed by atoms with E-state index in [-0.39, 0.29) is 4.87 Å². The normalized spacial score (nSPS) is 16.7. The van der Waals surface area contributed by atoms with Crippen LogP contribution in [0.15, 0.2) is 29.1 Å². The lowest BCUT2D eigenvalue weighted by Gasteiger charge is -2.32. The number of aromatic nitrogens is 1. The third kappa shape index (κ3) is 5.18. The molecule has 3 nitrogen and oxygen atoms in total. The first-order valence-corrected chi connectivity index (χ1v) is 10.9. The van der Waals surface area contributed by atoms with Gasteiger partial charge < -0.3 is 4.90 Å². The van der Waals surface area contributed by atoms with Gasteiger partial charge >= 0.3 is 4.87 Å². The highest BCUT2D eigenvalue weighted by molar-refractivity contribution is 7.16. The molecule has 3 rings (SSSR count). The molecule has 1 aromatic carbocycles. The lowest BCUT2D eigenvalue weighted by Crippen LogP contribution is -2.34. The maximum Gasteiger partial charge on any atom is 0.308 e. The molecule has 0 aliphatic carbocycles. The highest BCUT2D eigenvalue weighted by atomic mass is 32.1. The van der Waals surface area contributed by atoms with E-state index < -0.39 is 0 Å². The third-order valence-electron chi connectivity index (χ3n) is 5.60. The van der Waals surface area contributed by atoms with Gasteiger partial charge in [0, 0.05) is 6.54 Å². The number of thiazole rings is 1. The third-order valence-corrected chi connectivity index (χ3v) is 6.56. The van der Waals surface area contributed by atoms with Gasteiger partial charge in [-0.15, -0.1) is 0 Å². The molecule has 1 fully saturated rings. The summed E-state index contributed by atoms with van der Waals surface area (Å²) in [6.45, 7) is 6.98. The summed E-state index contributed by atoms with van der Waals surface area (Å²) in [7, 11) is 0. The van der Waals surface area contributed by atoms with E-state index in [2.05, 4.69) is 17.9 Å². The molecule has 1 aliphatic heterocycles. The van der Waals surface area contributed by atoms with Crippen molar-refractivity contribution in [3.63, 3.8) is 0 Å². The molecule has 4 heteroatoms. The van der Waals surface area contributed by atoms with Gasteiger partial charge in [-0.25, -0.2) is 0 Å². The van der Waals surface area contributed by atoms with Crippen LogP contribution in [-0.2, 0) is 6.54 Å². The SMILES string of the molecule is CCCCC1CCN(CCCCCn2c(=O)sc3ccccc32)CC1. The zero-order valence-electron chi connectivity index (χ0n) is 15.6. The number of hydrogen-bond donors (Lipinski definition) is 0. The summed E-state index contributed by atoms with van der Waals surface area (Å²) in [5.74, 6) is 0.981. The Morgan fingerprint density at radius 1 is 1.04 bits per heavy atom. The van der Waals surface area contributed by atoms with Gasteiger partial charge in [-0.05, 0) is 63.4 Å². The Bertz CT molecular complexity index is 697. The van der Waals surface area contributed by atoms with Crippen molar-refractivity contribution in [1.82, 2.24) is 9.47 Å². The maximum atomic E-state index is 12.1. The minimum absolute atomic E-state index is 0.190. The van der Waals surface area contributed by atoms with Crippen LogP contribution in [0.1, 0.15) is 58.3 Å². The number of likely N-dealkylation sites (tertiary alicyclic amines) is 1.